The minimum absolute atomic E-state index is 0.953. The highest BCUT2D eigenvalue weighted by Crippen LogP contribution is 2.44. The van der Waals surface area contributed by atoms with E-state index in [2.05, 4.69) is 20.6 Å². The lowest BCUT2D eigenvalue weighted by atomic mass is 10.6. The molecule has 0 amide bonds. The number of carbonyl (C=O) groups is 1. The molecule has 0 radical (unpaired) electrons. The van der Waals surface area contributed by atoms with Crippen LogP contribution < -0.4 is 0 Å². The normalized spacial score (nSPS) is 16.5. The van der Waals surface area contributed by atoms with Crippen LogP contribution in [0.4, 0.5) is 4.79 Å². The maximum Gasteiger partial charge on any atom is 0.510 e. The van der Waals surface area contributed by atoms with Crippen molar-refractivity contribution in [3.05, 3.63) is 12.7 Å². The molecule has 0 aliphatic carbocycles. The summed E-state index contributed by atoms with van der Waals surface area (Å²) in [6, 6.07) is 0. The van der Waals surface area contributed by atoms with Gasteiger partial charge in [-0.05, 0) is 6.08 Å². The van der Waals surface area contributed by atoms with Gasteiger partial charge in [-0.2, -0.15) is 0 Å². The maximum absolute atomic E-state index is 11.3. The van der Waals surface area contributed by atoms with Crippen LogP contribution in [-0.4, -0.2) is 33.3 Å². The van der Waals surface area contributed by atoms with Gasteiger partial charge in [-0.25, -0.2) is 4.79 Å². The van der Waals surface area contributed by atoms with Crippen LogP contribution in [0.15, 0.2) is 12.7 Å². The average Bonchev–Trinajstić information content (AvgIpc) is 2.16. The van der Waals surface area contributed by atoms with Crippen molar-refractivity contribution >= 4 is 13.8 Å². The van der Waals surface area contributed by atoms with E-state index < -0.39 is 20.0 Å². The summed E-state index contributed by atoms with van der Waals surface area (Å²) < 4.78 is 29.4. The Balaban J connectivity index is 4.23. The number of ether oxygens (including phenoxy) is 2. The standard InChI is InChI=1S/C7H13O6P/c1-5-6(12-7(8)10-2)13-14(4,9)11-3/h5-6H,1H2,2-4H3/t6-,14-/m1/s1. The van der Waals surface area contributed by atoms with E-state index in [1.54, 1.807) is 0 Å². The van der Waals surface area contributed by atoms with Crippen LogP contribution in [0.25, 0.3) is 0 Å². The first kappa shape index (κ1) is 13.2. The van der Waals surface area contributed by atoms with Crippen molar-refractivity contribution in [2.75, 3.05) is 20.9 Å². The summed E-state index contributed by atoms with van der Waals surface area (Å²) in [6.45, 7) is 4.57. The Morgan fingerprint density at radius 1 is 1.50 bits per heavy atom. The minimum Gasteiger partial charge on any atom is -0.438 e. The molecule has 0 saturated carbocycles. The second kappa shape index (κ2) is 5.80. The molecule has 0 fully saturated rings. The summed E-state index contributed by atoms with van der Waals surface area (Å²) in [6.07, 6.45) is -0.948. The molecule has 0 aromatic rings. The molecule has 0 aromatic carbocycles. The molecule has 0 saturated heterocycles. The lowest BCUT2D eigenvalue weighted by molar-refractivity contribution is -0.0347. The average molecular weight is 224 g/mol. The van der Waals surface area contributed by atoms with Gasteiger partial charge >= 0.3 is 13.8 Å². The van der Waals surface area contributed by atoms with Crippen LogP contribution in [-0.2, 0) is 23.1 Å². The summed E-state index contributed by atoms with van der Waals surface area (Å²) in [5.74, 6) is 0. The lowest BCUT2D eigenvalue weighted by Crippen LogP contribution is -2.18. The van der Waals surface area contributed by atoms with Gasteiger partial charge in [0.1, 0.15) is 0 Å². The molecule has 14 heavy (non-hydrogen) atoms. The van der Waals surface area contributed by atoms with Crippen LogP contribution in [0, 0.1) is 0 Å². The van der Waals surface area contributed by atoms with Gasteiger partial charge < -0.3 is 14.0 Å². The fourth-order valence-electron chi connectivity index (χ4n) is 0.487. The van der Waals surface area contributed by atoms with Crippen LogP contribution in [0.1, 0.15) is 0 Å². The second-order valence-corrected chi connectivity index (χ2v) is 4.35. The van der Waals surface area contributed by atoms with E-state index in [1.165, 1.54) is 13.8 Å². The first-order valence-electron chi connectivity index (χ1n) is 3.64. The first-order valence-corrected chi connectivity index (χ1v) is 5.63. The number of hydrogen-bond donors (Lipinski definition) is 0. The highest BCUT2D eigenvalue weighted by atomic mass is 31.2. The number of rotatable bonds is 5. The Hall–Kier alpha value is -0.840. The third-order valence-corrected chi connectivity index (χ3v) is 2.45. The Morgan fingerprint density at radius 3 is 2.43 bits per heavy atom. The highest BCUT2D eigenvalue weighted by Gasteiger charge is 2.22. The van der Waals surface area contributed by atoms with Gasteiger partial charge in [-0.15, -0.1) is 0 Å². The van der Waals surface area contributed by atoms with E-state index in [0.717, 1.165) is 13.2 Å². The molecule has 7 heteroatoms. The molecule has 0 bridgehead atoms. The van der Waals surface area contributed by atoms with Gasteiger partial charge in [0, 0.05) is 13.8 Å². The fourth-order valence-corrected chi connectivity index (χ4v) is 1.08. The van der Waals surface area contributed by atoms with Crippen LogP contribution >= 0.6 is 7.60 Å². The van der Waals surface area contributed by atoms with Crippen LogP contribution in [0.3, 0.4) is 0 Å². The third kappa shape index (κ3) is 5.01. The van der Waals surface area contributed by atoms with Gasteiger partial charge in [0.25, 0.3) is 0 Å². The summed E-state index contributed by atoms with van der Waals surface area (Å²) in [7, 11) is -0.852. The van der Waals surface area contributed by atoms with Gasteiger partial charge in [-0.3, -0.25) is 9.09 Å². The van der Waals surface area contributed by atoms with Crippen molar-refractivity contribution in [1.29, 1.82) is 0 Å². The summed E-state index contributed by atoms with van der Waals surface area (Å²) >= 11 is 0. The third-order valence-electron chi connectivity index (χ3n) is 1.20. The van der Waals surface area contributed by atoms with E-state index in [-0.39, 0.29) is 0 Å². The van der Waals surface area contributed by atoms with E-state index in [1.807, 2.05) is 0 Å². The largest absolute Gasteiger partial charge is 0.510 e. The van der Waals surface area contributed by atoms with Gasteiger partial charge in [-0.1, -0.05) is 6.58 Å². The molecule has 0 N–H and O–H groups in total. The Bertz CT molecular complexity index is 251. The van der Waals surface area contributed by atoms with Crippen LogP contribution in [0.5, 0.6) is 0 Å². The molecular weight excluding hydrogens is 211 g/mol. The van der Waals surface area contributed by atoms with Crippen LogP contribution in [0.2, 0.25) is 0 Å². The Morgan fingerprint density at radius 2 is 2.07 bits per heavy atom. The van der Waals surface area contributed by atoms with E-state index in [4.69, 9.17) is 4.52 Å². The van der Waals surface area contributed by atoms with Crippen molar-refractivity contribution in [2.24, 2.45) is 0 Å². The zero-order valence-corrected chi connectivity index (χ0v) is 9.15. The molecule has 0 heterocycles. The topological polar surface area (TPSA) is 71.1 Å². The van der Waals surface area contributed by atoms with Crippen molar-refractivity contribution in [1.82, 2.24) is 0 Å². The minimum atomic E-state index is -3.22. The molecule has 0 aliphatic heterocycles. The summed E-state index contributed by atoms with van der Waals surface area (Å²) in [4.78, 5) is 10.7. The Kier molecular flexibility index (Phi) is 5.45. The monoisotopic (exact) mass is 224 g/mol. The van der Waals surface area contributed by atoms with E-state index >= 15 is 0 Å². The molecule has 0 aliphatic rings. The maximum atomic E-state index is 11.3. The zero-order chi connectivity index (χ0) is 11.2. The van der Waals surface area contributed by atoms with Crippen molar-refractivity contribution in [3.8, 4) is 0 Å². The lowest BCUT2D eigenvalue weighted by Gasteiger charge is -2.17. The van der Waals surface area contributed by atoms with Gasteiger partial charge in [0.05, 0.1) is 7.11 Å². The second-order valence-electron chi connectivity index (χ2n) is 2.24. The van der Waals surface area contributed by atoms with E-state index in [9.17, 15) is 9.36 Å². The van der Waals surface area contributed by atoms with Crippen molar-refractivity contribution in [2.45, 2.75) is 6.29 Å². The molecule has 2 atom stereocenters. The van der Waals surface area contributed by atoms with Gasteiger partial charge in [0.2, 0.25) is 6.29 Å². The number of methoxy groups -OCH3 is 1. The van der Waals surface area contributed by atoms with Crippen molar-refractivity contribution < 1.29 is 27.9 Å². The molecule has 0 spiro atoms. The summed E-state index contributed by atoms with van der Waals surface area (Å²) in [5.41, 5.74) is 0. The van der Waals surface area contributed by atoms with Gasteiger partial charge in [0.15, 0.2) is 0 Å². The molecule has 0 unspecified atom stereocenters. The van der Waals surface area contributed by atoms with E-state index in [0.29, 0.717) is 0 Å². The SMILES string of the molecule is C=C[C@H](OC(=O)OC)O[P@](C)(=O)OC. The number of hydrogen-bond acceptors (Lipinski definition) is 6. The smallest absolute Gasteiger partial charge is 0.438 e. The highest BCUT2D eigenvalue weighted by molar-refractivity contribution is 7.52. The molecule has 82 valence electrons. The predicted octanol–water partition coefficient (Wildman–Crippen LogP) is 1.77. The quantitative estimate of drug-likeness (QED) is 0.306. The Labute approximate surface area is 82.3 Å². The fraction of sp³-hybridized carbons (Fsp3) is 0.571. The molecule has 6 nitrogen and oxygen atoms in total. The molecular formula is C7H13O6P. The van der Waals surface area contributed by atoms with Crippen molar-refractivity contribution in [3.63, 3.8) is 0 Å². The zero-order valence-electron chi connectivity index (χ0n) is 8.26. The molecule has 0 aromatic heterocycles. The number of carbonyl (C=O) groups excluding carboxylic acids is 1. The summed E-state index contributed by atoms with van der Waals surface area (Å²) in [5, 5.41) is 0. The molecule has 0 rings (SSSR count). The predicted molar refractivity (Wildman–Crippen MR) is 49.1 cm³/mol. The first-order chi connectivity index (χ1) is 6.45.